The van der Waals surface area contributed by atoms with Crippen LogP contribution in [0.25, 0.3) is 0 Å². The second-order valence-electron chi connectivity index (χ2n) is 5.22. The number of nitrogens with zero attached hydrogens (tertiary/aromatic N) is 1. The molecule has 20 heavy (non-hydrogen) atoms. The minimum Gasteiger partial charge on any atom is -0.481 e. The Morgan fingerprint density at radius 3 is 2.85 bits per heavy atom. The molecule has 1 N–H and O–H groups in total. The maximum absolute atomic E-state index is 12.3. The van der Waals surface area contributed by atoms with Gasteiger partial charge in [-0.25, -0.2) is 0 Å². The molecule has 4 nitrogen and oxygen atoms in total. The van der Waals surface area contributed by atoms with Crippen molar-refractivity contribution in [2.24, 2.45) is 5.92 Å². The number of rotatable bonds is 3. The van der Waals surface area contributed by atoms with Crippen LogP contribution < -0.4 is 0 Å². The highest BCUT2D eigenvalue weighted by Gasteiger charge is 2.35. The van der Waals surface area contributed by atoms with E-state index < -0.39 is 11.9 Å². The molecule has 0 aliphatic carbocycles. The first-order valence-corrected chi connectivity index (χ1v) is 7.13. The van der Waals surface area contributed by atoms with E-state index in [2.05, 4.69) is 0 Å². The number of piperidine rings is 1. The number of aliphatic carboxylic acids is 1. The summed E-state index contributed by atoms with van der Waals surface area (Å²) in [6, 6.07) is 6.94. The van der Waals surface area contributed by atoms with Gasteiger partial charge in [-0.15, -0.1) is 0 Å². The van der Waals surface area contributed by atoms with Crippen molar-refractivity contribution < 1.29 is 14.7 Å². The Morgan fingerprint density at radius 2 is 2.20 bits per heavy atom. The molecule has 2 atom stereocenters. The molecule has 0 aromatic heterocycles. The first kappa shape index (κ1) is 14.9. The Balaban J connectivity index is 2.06. The summed E-state index contributed by atoms with van der Waals surface area (Å²) in [4.78, 5) is 25.2. The van der Waals surface area contributed by atoms with Crippen LogP contribution in [-0.2, 0) is 16.0 Å². The summed E-state index contributed by atoms with van der Waals surface area (Å²) in [6.07, 6.45) is 1.64. The van der Waals surface area contributed by atoms with E-state index in [-0.39, 0.29) is 18.4 Å². The monoisotopic (exact) mass is 295 g/mol. The number of halogens is 1. The van der Waals surface area contributed by atoms with E-state index in [4.69, 9.17) is 11.6 Å². The molecule has 0 unspecified atom stereocenters. The number of carboxylic acid groups (broad SMARTS) is 1. The largest absolute Gasteiger partial charge is 0.481 e. The number of hydrogen-bond donors (Lipinski definition) is 1. The van der Waals surface area contributed by atoms with Crippen LogP contribution in [0.5, 0.6) is 0 Å². The Bertz CT molecular complexity index is 518. The molecule has 1 amide bonds. The van der Waals surface area contributed by atoms with Crippen LogP contribution in [0.4, 0.5) is 0 Å². The lowest BCUT2D eigenvalue weighted by molar-refractivity contribution is -0.148. The van der Waals surface area contributed by atoms with Gasteiger partial charge in [-0.05, 0) is 37.5 Å². The molecule has 0 saturated carbocycles. The van der Waals surface area contributed by atoms with Crippen molar-refractivity contribution in [2.75, 3.05) is 6.54 Å². The fourth-order valence-electron chi connectivity index (χ4n) is 2.75. The number of benzene rings is 1. The van der Waals surface area contributed by atoms with Crippen LogP contribution in [0.1, 0.15) is 25.3 Å². The maximum Gasteiger partial charge on any atom is 0.308 e. The van der Waals surface area contributed by atoms with Crippen molar-refractivity contribution in [3.63, 3.8) is 0 Å². The van der Waals surface area contributed by atoms with Crippen LogP contribution >= 0.6 is 11.6 Å². The van der Waals surface area contributed by atoms with E-state index in [1.165, 1.54) is 0 Å². The maximum atomic E-state index is 12.3. The van der Waals surface area contributed by atoms with Gasteiger partial charge in [0.25, 0.3) is 0 Å². The highest BCUT2D eigenvalue weighted by Crippen LogP contribution is 2.24. The second-order valence-corrected chi connectivity index (χ2v) is 5.66. The van der Waals surface area contributed by atoms with Gasteiger partial charge in [0, 0.05) is 17.6 Å². The number of hydrogen-bond acceptors (Lipinski definition) is 2. The summed E-state index contributed by atoms with van der Waals surface area (Å²) in [5.41, 5.74) is 0.854. The molecular formula is C15H18ClNO3. The van der Waals surface area contributed by atoms with Crippen molar-refractivity contribution in [2.45, 2.75) is 32.2 Å². The zero-order chi connectivity index (χ0) is 14.7. The standard InChI is InChI=1S/C15H18ClNO3/c1-10-13(15(19)20)6-3-7-17(10)14(18)9-11-4-2-5-12(16)8-11/h2,4-5,8,10,13H,3,6-7,9H2,1H3,(H,19,20)/t10-,13-/m1/s1. The molecule has 0 bridgehead atoms. The van der Waals surface area contributed by atoms with E-state index in [0.717, 1.165) is 12.0 Å². The minimum absolute atomic E-state index is 0.0364. The van der Waals surface area contributed by atoms with Gasteiger partial charge in [-0.1, -0.05) is 23.7 Å². The molecule has 1 aliphatic heterocycles. The molecule has 1 aliphatic rings. The summed E-state index contributed by atoms with van der Waals surface area (Å²) < 4.78 is 0. The highest BCUT2D eigenvalue weighted by molar-refractivity contribution is 6.30. The molecule has 1 aromatic rings. The minimum atomic E-state index is -0.822. The number of carbonyl (C=O) groups excluding carboxylic acids is 1. The van der Waals surface area contributed by atoms with E-state index in [0.29, 0.717) is 18.0 Å². The molecule has 1 aromatic carbocycles. The quantitative estimate of drug-likeness (QED) is 0.932. The van der Waals surface area contributed by atoms with Crippen molar-refractivity contribution in [1.82, 2.24) is 4.90 Å². The van der Waals surface area contributed by atoms with Gasteiger partial charge in [0.1, 0.15) is 0 Å². The average Bonchev–Trinajstić information content (AvgIpc) is 2.38. The fourth-order valence-corrected chi connectivity index (χ4v) is 2.96. The Morgan fingerprint density at radius 1 is 1.45 bits per heavy atom. The predicted octanol–water partition coefficient (Wildman–Crippen LogP) is 2.59. The number of likely N-dealkylation sites (tertiary alicyclic amines) is 1. The smallest absolute Gasteiger partial charge is 0.308 e. The van der Waals surface area contributed by atoms with Crippen molar-refractivity contribution >= 4 is 23.5 Å². The number of carbonyl (C=O) groups is 2. The summed E-state index contributed by atoms with van der Waals surface area (Å²) in [6.45, 7) is 2.44. The molecule has 0 radical (unpaired) electrons. The average molecular weight is 296 g/mol. The third kappa shape index (κ3) is 3.31. The van der Waals surface area contributed by atoms with Crippen molar-refractivity contribution in [3.8, 4) is 0 Å². The Hall–Kier alpha value is -1.55. The van der Waals surface area contributed by atoms with Gasteiger partial charge in [-0.3, -0.25) is 9.59 Å². The predicted molar refractivity (Wildman–Crippen MR) is 76.7 cm³/mol. The van der Waals surface area contributed by atoms with Gasteiger partial charge in [0.05, 0.1) is 12.3 Å². The van der Waals surface area contributed by atoms with E-state index in [9.17, 15) is 14.7 Å². The highest BCUT2D eigenvalue weighted by atomic mass is 35.5. The molecule has 108 valence electrons. The fraction of sp³-hybridized carbons (Fsp3) is 0.467. The summed E-state index contributed by atoms with van der Waals surface area (Å²) >= 11 is 5.90. The lowest BCUT2D eigenvalue weighted by atomic mass is 9.90. The lowest BCUT2D eigenvalue weighted by Crippen LogP contribution is -2.49. The Kier molecular flexibility index (Phi) is 4.65. The van der Waals surface area contributed by atoms with Crippen LogP contribution in [0.3, 0.4) is 0 Å². The summed E-state index contributed by atoms with van der Waals surface area (Å²) in [5.74, 6) is -1.32. The zero-order valence-corrected chi connectivity index (χ0v) is 12.1. The number of amides is 1. The first-order valence-electron chi connectivity index (χ1n) is 6.75. The van der Waals surface area contributed by atoms with Gasteiger partial charge >= 0.3 is 5.97 Å². The third-order valence-electron chi connectivity index (χ3n) is 3.87. The molecule has 5 heteroatoms. The van der Waals surface area contributed by atoms with E-state index in [1.54, 1.807) is 17.0 Å². The second kappa shape index (κ2) is 6.27. The van der Waals surface area contributed by atoms with Crippen LogP contribution in [0, 0.1) is 5.92 Å². The molecule has 1 fully saturated rings. The summed E-state index contributed by atoms with van der Waals surface area (Å²) in [5, 5.41) is 9.78. The third-order valence-corrected chi connectivity index (χ3v) is 4.11. The van der Waals surface area contributed by atoms with Gasteiger partial charge in [0.2, 0.25) is 5.91 Å². The van der Waals surface area contributed by atoms with Crippen LogP contribution in [0.2, 0.25) is 5.02 Å². The van der Waals surface area contributed by atoms with Crippen LogP contribution in [0.15, 0.2) is 24.3 Å². The SMILES string of the molecule is C[C@@H]1[C@H](C(=O)O)CCCN1C(=O)Cc1cccc(Cl)c1. The van der Waals surface area contributed by atoms with E-state index in [1.807, 2.05) is 19.1 Å². The Labute approximate surface area is 123 Å². The van der Waals surface area contributed by atoms with Crippen LogP contribution in [-0.4, -0.2) is 34.5 Å². The topological polar surface area (TPSA) is 57.6 Å². The van der Waals surface area contributed by atoms with Crippen molar-refractivity contribution in [1.29, 1.82) is 0 Å². The van der Waals surface area contributed by atoms with Crippen molar-refractivity contribution in [3.05, 3.63) is 34.9 Å². The number of carboxylic acids is 1. The molecule has 1 saturated heterocycles. The molecular weight excluding hydrogens is 278 g/mol. The van der Waals surface area contributed by atoms with Gasteiger partial charge < -0.3 is 10.0 Å². The molecule has 2 rings (SSSR count). The lowest BCUT2D eigenvalue weighted by Gasteiger charge is -2.37. The molecule has 0 spiro atoms. The zero-order valence-electron chi connectivity index (χ0n) is 11.4. The van der Waals surface area contributed by atoms with Gasteiger partial charge in [0.15, 0.2) is 0 Å². The van der Waals surface area contributed by atoms with E-state index >= 15 is 0 Å². The molecule has 1 heterocycles. The first-order chi connectivity index (χ1) is 9.49. The summed E-state index contributed by atoms with van der Waals surface area (Å²) in [7, 11) is 0. The normalized spacial score (nSPS) is 22.6. The van der Waals surface area contributed by atoms with Gasteiger partial charge in [-0.2, -0.15) is 0 Å².